The lowest BCUT2D eigenvalue weighted by atomic mass is 10.1. The summed E-state index contributed by atoms with van der Waals surface area (Å²) in [5.41, 5.74) is 2.97. The normalized spacial score (nSPS) is 11.0. The first-order valence-corrected chi connectivity index (χ1v) is 7.01. The van der Waals surface area contributed by atoms with E-state index in [4.69, 9.17) is 0 Å². The quantitative estimate of drug-likeness (QED) is 0.546. The highest BCUT2D eigenvalue weighted by Gasteiger charge is 2.14. The Morgan fingerprint density at radius 2 is 1.64 bits per heavy atom. The van der Waals surface area contributed by atoms with Gasteiger partial charge >= 0.3 is 0 Å². The second kappa shape index (κ2) is 6.18. The van der Waals surface area contributed by atoms with Gasteiger partial charge < -0.3 is 0 Å². The van der Waals surface area contributed by atoms with Crippen molar-refractivity contribution >= 4 is 11.9 Å². The molecule has 0 spiro atoms. The van der Waals surface area contributed by atoms with E-state index in [0.717, 1.165) is 16.9 Å². The van der Waals surface area contributed by atoms with Crippen LogP contribution in [0.15, 0.2) is 66.7 Å². The van der Waals surface area contributed by atoms with Crippen LogP contribution in [-0.2, 0) is 0 Å². The third-order valence-electron chi connectivity index (χ3n) is 3.36. The standard InChI is InChI=1S/C18H15N3O/c1-14-18(17(22)13-12-15-8-4-2-5-9-15)19-20-21(14)16-10-6-3-7-11-16/h2-13H,1H3/b13-12+. The fraction of sp³-hybridized carbons (Fsp3) is 0.0556. The first-order chi connectivity index (χ1) is 10.8. The predicted molar refractivity (Wildman–Crippen MR) is 85.9 cm³/mol. The average molecular weight is 289 g/mol. The third kappa shape index (κ3) is 2.86. The summed E-state index contributed by atoms with van der Waals surface area (Å²) in [6, 6.07) is 19.3. The van der Waals surface area contributed by atoms with Crippen LogP contribution in [0.1, 0.15) is 21.7 Å². The van der Waals surface area contributed by atoms with Crippen molar-refractivity contribution in [1.29, 1.82) is 0 Å². The Labute approximate surface area is 128 Å². The number of rotatable bonds is 4. The fourth-order valence-corrected chi connectivity index (χ4v) is 2.19. The van der Waals surface area contributed by atoms with Crippen molar-refractivity contribution in [2.45, 2.75) is 6.92 Å². The second-order valence-electron chi connectivity index (χ2n) is 4.88. The molecule has 0 aliphatic rings. The number of allylic oxidation sites excluding steroid dienone is 1. The molecule has 2 aromatic carbocycles. The molecule has 4 nitrogen and oxygen atoms in total. The molecule has 3 rings (SSSR count). The van der Waals surface area contributed by atoms with Crippen LogP contribution in [0.3, 0.4) is 0 Å². The number of hydrogen-bond acceptors (Lipinski definition) is 3. The number of para-hydroxylation sites is 1. The lowest BCUT2D eigenvalue weighted by Crippen LogP contribution is -2.01. The summed E-state index contributed by atoms with van der Waals surface area (Å²) in [6.45, 7) is 1.84. The van der Waals surface area contributed by atoms with Gasteiger partial charge in [-0.3, -0.25) is 4.79 Å². The highest BCUT2D eigenvalue weighted by atomic mass is 16.1. The molecular weight excluding hydrogens is 274 g/mol. The molecule has 0 N–H and O–H groups in total. The smallest absolute Gasteiger partial charge is 0.208 e. The number of aromatic nitrogens is 3. The van der Waals surface area contributed by atoms with Gasteiger partial charge in [-0.15, -0.1) is 5.10 Å². The monoisotopic (exact) mass is 289 g/mol. The summed E-state index contributed by atoms with van der Waals surface area (Å²) in [6.07, 6.45) is 3.31. The largest absolute Gasteiger partial charge is 0.287 e. The summed E-state index contributed by atoms with van der Waals surface area (Å²) in [7, 11) is 0. The third-order valence-corrected chi connectivity index (χ3v) is 3.36. The van der Waals surface area contributed by atoms with Gasteiger partial charge in [0.05, 0.1) is 11.4 Å². The van der Waals surface area contributed by atoms with E-state index in [1.165, 1.54) is 6.08 Å². The zero-order valence-electron chi connectivity index (χ0n) is 12.2. The van der Waals surface area contributed by atoms with Crippen LogP contribution in [0, 0.1) is 6.92 Å². The molecule has 1 heterocycles. The molecular formula is C18H15N3O. The van der Waals surface area contributed by atoms with Gasteiger partial charge in [-0.1, -0.05) is 59.8 Å². The van der Waals surface area contributed by atoms with Gasteiger partial charge in [0.1, 0.15) is 0 Å². The molecule has 0 aliphatic carbocycles. The minimum atomic E-state index is -0.150. The number of benzene rings is 2. The van der Waals surface area contributed by atoms with Crippen LogP contribution in [0.25, 0.3) is 11.8 Å². The molecule has 0 fully saturated rings. The topological polar surface area (TPSA) is 47.8 Å². The van der Waals surface area contributed by atoms with Crippen molar-refractivity contribution in [3.8, 4) is 5.69 Å². The summed E-state index contributed by atoms with van der Waals surface area (Å²) in [5.74, 6) is -0.150. The van der Waals surface area contributed by atoms with E-state index in [9.17, 15) is 4.79 Å². The van der Waals surface area contributed by atoms with Crippen molar-refractivity contribution in [2.24, 2.45) is 0 Å². The molecule has 22 heavy (non-hydrogen) atoms. The van der Waals surface area contributed by atoms with E-state index in [-0.39, 0.29) is 5.78 Å². The lowest BCUT2D eigenvalue weighted by Gasteiger charge is -2.02. The van der Waals surface area contributed by atoms with Gasteiger partial charge in [0, 0.05) is 0 Å². The second-order valence-corrected chi connectivity index (χ2v) is 4.88. The molecule has 1 aromatic heterocycles. The Balaban J connectivity index is 1.85. The van der Waals surface area contributed by atoms with Gasteiger partial charge in [0.2, 0.25) is 5.78 Å². The summed E-state index contributed by atoms with van der Waals surface area (Å²) in [5, 5.41) is 8.09. The number of carbonyl (C=O) groups is 1. The van der Waals surface area contributed by atoms with Crippen molar-refractivity contribution < 1.29 is 4.79 Å². The minimum absolute atomic E-state index is 0.150. The van der Waals surface area contributed by atoms with E-state index in [2.05, 4.69) is 10.3 Å². The van der Waals surface area contributed by atoms with Crippen LogP contribution in [0.5, 0.6) is 0 Å². The number of hydrogen-bond donors (Lipinski definition) is 0. The van der Waals surface area contributed by atoms with E-state index >= 15 is 0 Å². The molecule has 0 bridgehead atoms. The van der Waals surface area contributed by atoms with E-state index in [1.807, 2.05) is 67.6 Å². The Bertz CT molecular complexity index is 805. The van der Waals surface area contributed by atoms with E-state index in [0.29, 0.717) is 5.69 Å². The molecule has 0 aliphatic heterocycles. The number of nitrogens with zero attached hydrogens (tertiary/aromatic N) is 3. The molecule has 0 unspecified atom stereocenters. The fourth-order valence-electron chi connectivity index (χ4n) is 2.19. The van der Waals surface area contributed by atoms with Crippen molar-refractivity contribution in [2.75, 3.05) is 0 Å². The summed E-state index contributed by atoms with van der Waals surface area (Å²) in [4.78, 5) is 12.3. The Kier molecular flexibility index (Phi) is 3.92. The van der Waals surface area contributed by atoms with E-state index < -0.39 is 0 Å². The maximum Gasteiger partial charge on any atom is 0.208 e. The maximum atomic E-state index is 12.3. The molecule has 108 valence electrons. The first kappa shape index (κ1) is 13.9. The molecule has 3 aromatic rings. The average Bonchev–Trinajstić information content (AvgIpc) is 2.96. The van der Waals surface area contributed by atoms with Gasteiger partial charge in [-0.2, -0.15) is 0 Å². The first-order valence-electron chi connectivity index (χ1n) is 7.01. The van der Waals surface area contributed by atoms with Crippen LogP contribution in [-0.4, -0.2) is 20.8 Å². The van der Waals surface area contributed by atoms with E-state index in [1.54, 1.807) is 10.8 Å². The van der Waals surface area contributed by atoms with Crippen LogP contribution < -0.4 is 0 Å². The number of ketones is 1. The SMILES string of the molecule is Cc1c(C(=O)/C=C/c2ccccc2)nnn1-c1ccccc1. The highest BCUT2D eigenvalue weighted by molar-refractivity contribution is 6.06. The summed E-state index contributed by atoms with van der Waals surface area (Å²) >= 11 is 0. The van der Waals surface area contributed by atoms with Gasteiger partial charge in [-0.25, -0.2) is 4.68 Å². The highest BCUT2D eigenvalue weighted by Crippen LogP contribution is 2.13. The zero-order chi connectivity index (χ0) is 15.4. The molecule has 0 radical (unpaired) electrons. The van der Waals surface area contributed by atoms with Crippen LogP contribution in [0.4, 0.5) is 0 Å². The van der Waals surface area contributed by atoms with Crippen LogP contribution in [0.2, 0.25) is 0 Å². The molecule has 0 amide bonds. The molecule has 0 saturated heterocycles. The number of carbonyl (C=O) groups excluding carboxylic acids is 1. The maximum absolute atomic E-state index is 12.3. The Hall–Kier alpha value is -3.01. The lowest BCUT2D eigenvalue weighted by molar-refractivity contribution is 0.104. The van der Waals surface area contributed by atoms with Crippen molar-refractivity contribution in [1.82, 2.24) is 15.0 Å². The molecule has 0 saturated carbocycles. The van der Waals surface area contributed by atoms with Gasteiger partial charge in [0.15, 0.2) is 5.69 Å². The summed E-state index contributed by atoms with van der Waals surface area (Å²) < 4.78 is 1.67. The van der Waals surface area contributed by atoms with Gasteiger partial charge in [-0.05, 0) is 30.7 Å². The van der Waals surface area contributed by atoms with Crippen LogP contribution >= 0.6 is 0 Å². The predicted octanol–water partition coefficient (Wildman–Crippen LogP) is 3.47. The van der Waals surface area contributed by atoms with Gasteiger partial charge in [0.25, 0.3) is 0 Å². The molecule has 0 atom stereocenters. The minimum Gasteiger partial charge on any atom is -0.287 e. The Morgan fingerprint density at radius 1 is 1.00 bits per heavy atom. The zero-order valence-corrected chi connectivity index (χ0v) is 12.2. The molecule has 4 heteroatoms. The van der Waals surface area contributed by atoms with Crippen molar-refractivity contribution in [3.05, 3.63) is 83.7 Å². The van der Waals surface area contributed by atoms with Crippen molar-refractivity contribution in [3.63, 3.8) is 0 Å². The Morgan fingerprint density at radius 3 is 2.32 bits per heavy atom.